The maximum atomic E-state index is 12.9. The Labute approximate surface area is 149 Å². The van der Waals surface area contributed by atoms with Crippen molar-refractivity contribution in [2.24, 2.45) is 0 Å². The lowest BCUT2D eigenvalue weighted by Crippen LogP contribution is -2.35. The van der Waals surface area contributed by atoms with Gasteiger partial charge in [0, 0.05) is 19.4 Å². The van der Waals surface area contributed by atoms with Gasteiger partial charge in [0.05, 0.1) is 6.54 Å². The Morgan fingerprint density at radius 1 is 1.23 bits per heavy atom. The molecule has 0 fully saturated rings. The van der Waals surface area contributed by atoms with Crippen LogP contribution in [0.4, 0.5) is 4.39 Å². The van der Waals surface area contributed by atoms with Crippen molar-refractivity contribution in [3.63, 3.8) is 0 Å². The molecule has 0 atom stereocenters. The van der Waals surface area contributed by atoms with E-state index in [2.05, 4.69) is 4.98 Å². The third kappa shape index (κ3) is 3.72. The summed E-state index contributed by atoms with van der Waals surface area (Å²) in [6, 6.07) is 9.20. The topological polar surface area (TPSA) is 63.9 Å². The standard InChI is InChI=1S/C19H18FN3O3/c1-13-3-8-17-21-11-16(19(25)23(17)12-13)18(24)22(2)9-10-26-15-6-4-14(20)5-7-15/h3-8,11-12H,9-10H2,1-2H3. The Balaban J connectivity index is 1.70. The summed E-state index contributed by atoms with van der Waals surface area (Å²) in [6.45, 7) is 2.35. The van der Waals surface area contributed by atoms with Gasteiger partial charge < -0.3 is 9.64 Å². The van der Waals surface area contributed by atoms with Gasteiger partial charge in [-0.1, -0.05) is 6.07 Å². The molecule has 2 aromatic heterocycles. The van der Waals surface area contributed by atoms with E-state index >= 15 is 0 Å². The lowest BCUT2D eigenvalue weighted by molar-refractivity contribution is 0.0771. The number of aromatic nitrogens is 2. The van der Waals surface area contributed by atoms with E-state index in [9.17, 15) is 14.0 Å². The molecule has 0 aliphatic carbocycles. The molecule has 26 heavy (non-hydrogen) atoms. The summed E-state index contributed by atoms with van der Waals surface area (Å²) in [6.07, 6.45) is 2.95. The number of hydrogen-bond donors (Lipinski definition) is 0. The van der Waals surface area contributed by atoms with Crippen LogP contribution in [0.3, 0.4) is 0 Å². The molecule has 7 heteroatoms. The van der Waals surface area contributed by atoms with Crippen molar-refractivity contribution in [2.45, 2.75) is 6.92 Å². The second kappa shape index (κ2) is 7.35. The Morgan fingerprint density at radius 3 is 2.69 bits per heavy atom. The second-order valence-electron chi connectivity index (χ2n) is 5.94. The van der Waals surface area contributed by atoms with Gasteiger partial charge in [0.2, 0.25) is 0 Å². The first-order chi connectivity index (χ1) is 12.5. The largest absolute Gasteiger partial charge is 0.492 e. The third-order valence-corrected chi connectivity index (χ3v) is 3.94. The van der Waals surface area contributed by atoms with E-state index in [1.165, 1.54) is 39.8 Å². The van der Waals surface area contributed by atoms with Crippen LogP contribution in [-0.2, 0) is 0 Å². The summed E-state index contributed by atoms with van der Waals surface area (Å²) in [5.41, 5.74) is 0.971. The molecule has 0 radical (unpaired) electrons. The minimum Gasteiger partial charge on any atom is -0.492 e. The molecule has 0 unspecified atom stereocenters. The third-order valence-electron chi connectivity index (χ3n) is 3.94. The van der Waals surface area contributed by atoms with E-state index in [4.69, 9.17) is 4.74 Å². The molecule has 2 heterocycles. The van der Waals surface area contributed by atoms with E-state index in [1.807, 2.05) is 13.0 Å². The number of hydrogen-bond acceptors (Lipinski definition) is 4. The van der Waals surface area contributed by atoms with Crippen LogP contribution < -0.4 is 10.3 Å². The van der Waals surface area contributed by atoms with E-state index in [0.29, 0.717) is 11.4 Å². The lowest BCUT2D eigenvalue weighted by atomic mass is 10.2. The summed E-state index contributed by atoms with van der Waals surface area (Å²) in [7, 11) is 1.58. The maximum absolute atomic E-state index is 12.9. The molecule has 1 aromatic carbocycles. The Hall–Kier alpha value is -3.22. The number of carbonyl (C=O) groups excluding carboxylic acids is 1. The van der Waals surface area contributed by atoms with Crippen molar-refractivity contribution in [1.29, 1.82) is 0 Å². The quantitative estimate of drug-likeness (QED) is 0.704. The number of fused-ring (bicyclic) bond motifs is 1. The smallest absolute Gasteiger partial charge is 0.270 e. The average Bonchev–Trinajstić information content (AvgIpc) is 2.63. The fraction of sp³-hybridized carbons (Fsp3) is 0.211. The van der Waals surface area contributed by atoms with Gasteiger partial charge in [-0.15, -0.1) is 0 Å². The zero-order chi connectivity index (χ0) is 18.7. The van der Waals surface area contributed by atoms with Crippen molar-refractivity contribution in [3.8, 4) is 5.75 Å². The van der Waals surface area contributed by atoms with Gasteiger partial charge >= 0.3 is 0 Å². The first-order valence-corrected chi connectivity index (χ1v) is 8.07. The van der Waals surface area contributed by atoms with Crippen molar-refractivity contribution in [1.82, 2.24) is 14.3 Å². The Kier molecular flexibility index (Phi) is 4.97. The predicted octanol–water partition coefficient (Wildman–Crippen LogP) is 2.29. The van der Waals surface area contributed by atoms with Gasteiger partial charge in [0.1, 0.15) is 29.4 Å². The molecule has 3 rings (SSSR count). The molecule has 0 spiro atoms. The number of benzene rings is 1. The molecule has 1 amide bonds. The highest BCUT2D eigenvalue weighted by Crippen LogP contribution is 2.11. The molecule has 0 saturated carbocycles. The molecule has 6 nitrogen and oxygen atoms in total. The van der Waals surface area contributed by atoms with E-state index < -0.39 is 11.5 Å². The van der Waals surface area contributed by atoms with E-state index in [-0.39, 0.29) is 24.5 Å². The van der Waals surface area contributed by atoms with Gasteiger partial charge in [-0.05, 0) is 42.8 Å². The number of amides is 1. The number of pyridine rings is 1. The number of carbonyl (C=O) groups is 1. The van der Waals surface area contributed by atoms with Crippen LogP contribution in [0.2, 0.25) is 0 Å². The van der Waals surface area contributed by atoms with Gasteiger partial charge in [-0.3, -0.25) is 14.0 Å². The number of nitrogens with zero attached hydrogens (tertiary/aromatic N) is 3. The highest BCUT2D eigenvalue weighted by atomic mass is 19.1. The fourth-order valence-electron chi connectivity index (χ4n) is 2.47. The van der Waals surface area contributed by atoms with Crippen molar-refractivity contribution < 1.29 is 13.9 Å². The second-order valence-corrected chi connectivity index (χ2v) is 5.94. The van der Waals surface area contributed by atoms with Crippen LogP contribution in [0.25, 0.3) is 5.65 Å². The SMILES string of the molecule is Cc1ccc2ncc(C(=O)N(C)CCOc3ccc(F)cc3)c(=O)n2c1. The summed E-state index contributed by atoms with van der Waals surface area (Å²) in [5, 5.41) is 0. The molecule has 0 aliphatic heterocycles. The molecule has 0 N–H and O–H groups in total. The van der Waals surface area contributed by atoms with Crippen LogP contribution in [-0.4, -0.2) is 40.4 Å². The molecule has 0 saturated heterocycles. The fourth-order valence-corrected chi connectivity index (χ4v) is 2.47. The normalized spacial score (nSPS) is 10.7. The molecular weight excluding hydrogens is 337 g/mol. The first-order valence-electron chi connectivity index (χ1n) is 8.07. The minimum atomic E-state index is -0.430. The van der Waals surface area contributed by atoms with E-state index in [0.717, 1.165) is 5.56 Å². The highest BCUT2D eigenvalue weighted by molar-refractivity contribution is 5.93. The predicted molar refractivity (Wildman–Crippen MR) is 95.1 cm³/mol. The zero-order valence-electron chi connectivity index (χ0n) is 14.5. The van der Waals surface area contributed by atoms with Crippen LogP contribution in [0.5, 0.6) is 5.75 Å². The monoisotopic (exact) mass is 355 g/mol. The number of aryl methyl sites for hydroxylation is 1. The van der Waals surface area contributed by atoms with Gasteiger partial charge in [-0.25, -0.2) is 9.37 Å². The van der Waals surface area contributed by atoms with Crippen LogP contribution in [0, 0.1) is 12.7 Å². The molecule has 3 aromatic rings. The molecule has 0 aliphatic rings. The number of ether oxygens (including phenoxy) is 1. The molecule has 0 bridgehead atoms. The van der Waals surface area contributed by atoms with Gasteiger partial charge in [0.15, 0.2) is 0 Å². The molecular formula is C19H18FN3O3. The minimum absolute atomic E-state index is 0.00242. The van der Waals surface area contributed by atoms with Crippen molar-refractivity contribution >= 4 is 11.6 Å². The highest BCUT2D eigenvalue weighted by Gasteiger charge is 2.17. The zero-order valence-corrected chi connectivity index (χ0v) is 14.5. The van der Waals surface area contributed by atoms with Gasteiger partial charge in [-0.2, -0.15) is 0 Å². The summed E-state index contributed by atoms with van der Waals surface area (Å²) in [5.74, 6) is -0.263. The lowest BCUT2D eigenvalue weighted by Gasteiger charge is -2.17. The van der Waals surface area contributed by atoms with Gasteiger partial charge in [0.25, 0.3) is 11.5 Å². The van der Waals surface area contributed by atoms with Crippen LogP contribution >= 0.6 is 0 Å². The Bertz CT molecular complexity index is 999. The Morgan fingerprint density at radius 2 is 1.96 bits per heavy atom. The van der Waals surface area contributed by atoms with Crippen LogP contribution in [0.15, 0.2) is 53.6 Å². The van der Waals surface area contributed by atoms with Crippen molar-refractivity contribution in [3.05, 3.63) is 76.1 Å². The number of likely N-dealkylation sites (N-methyl/N-ethyl adjacent to an activating group) is 1. The average molecular weight is 355 g/mol. The van der Waals surface area contributed by atoms with Crippen LogP contribution in [0.1, 0.15) is 15.9 Å². The summed E-state index contributed by atoms with van der Waals surface area (Å²) >= 11 is 0. The summed E-state index contributed by atoms with van der Waals surface area (Å²) in [4.78, 5) is 30.7. The number of rotatable bonds is 5. The molecule has 134 valence electrons. The summed E-state index contributed by atoms with van der Waals surface area (Å²) < 4.78 is 19.7. The first kappa shape index (κ1) is 17.6. The number of halogens is 1. The maximum Gasteiger partial charge on any atom is 0.270 e. The van der Waals surface area contributed by atoms with E-state index in [1.54, 1.807) is 19.3 Å². The van der Waals surface area contributed by atoms with Crippen molar-refractivity contribution in [2.75, 3.05) is 20.2 Å².